The summed E-state index contributed by atoms with van der Waals surface area (Å²) >= 11 is 0. The number of aliphatic hydroxyl groups excluding tert-OH is 1. The molecule has 1 heterocycles. The Balaban J connectivity index is 1.83. The lowest BCUT2D eigenvalue weighted by atomic mass is 9.97. The van der Waals surface area contributed by atoms with Crippen molar-refractivity contribution in [3.8, 4) is 0 Å². The van der Waals surface area contributed by atoms with Gasteiger partial charge in [0, 0.05) is 34.3 Å². The summed E-state index contributed by atoms with van der Waals surface area (Å²) in [5, 5.41) is 12.8. The van der Waals surface area contributed by atoms with Crippen LogP contribution in [0.1, 0.15) is 25.0 Å². The van der Waals surface area contributed by atoms with E-state index < -0.39 is 0 Å². The molecule has 1 aliphatic carbocycles. The van der Waals surface area contributed by atoms with Crippen molar-refractivity contribution >= 4 is 5.95 Å². The molecule has 1 aromatic rings. The maximum Gasteiger partial charge on any atom is 0.204 e. The van der Waals surface area contributed by atoms with Crippen LogP contribution in [0, 0.1) is 11.8 Å². The van der Waals surface area contributed by atoms with E-state index in [4.69, 9.17) is 0 Å². The Hall–Kier alpha value is -1.07. The van der Waals surface area contributed by atoms with E-state index in [1.54, 1.807) is 0 Å². The van der Waals surface area contributed by atoms with Crippen LogP contribution in [-0.4, -0.2) is 41.9 Å². The molecule has 0 aliphatic heterocycles. The number of imidazole rings is 1. The molecule has 0 aromatic carbocycles. The topological polar surface area (TPSA) is 53.3 Å². The van der Waals surface area contributed by atoms with Gasteiger partial charge in [-0.2, -0.15) is 0 Å². The minimum absolute atomic E-state index is 0.336. The van der Waals surface area contributed by atoms with Gasteiger partial charge in [-0.15, -0.1) is 0 Å². The zero-order chi connectivity index (χ0) is 13.8. The van der Waals surface area contributed by atoms with E-state index in [9.17, 15) is 5.11 Å². The van der Waals surface area contributed by atoms with Gasteiger partial charge in [-0.25, -0.2) is 4.98 Å². The number of anilines is 1. The molecule has 5 nitrogen and oxygen atoms in total. The van der Waals surface area contributed by atoms with Crippen molar-refractivity contribution in [1.82, 2.24) is 14.9 Å². The Morgan fingerprint density at radius 2 is 2.16 bits per heavy atom. The van der Waals surface area contributed by atoms with Crippen LogP contribution >= 0.6 is 0 Å². The lowest BCUT2D eigenvalue weighted by molar-refractivity contribution is 0.192. The summed E-state index contributed by atoms with van der Waals surface area (Å²) in [6.07, 6.45) is 5.61. The van der Waals surface area contributed by atoms with Gasteiger partial charge in [-0.05, 0) is 31.2 Å². The average Bonchev–Trinajstić information content (AvgIpc) is 2.97. The standard InChI is InChI=1S/C14H26N4O/c1-17(2)14-16-9-13(18(14)3)8-15-7-11-5-4-6-12(11)10-19/h9,11-12,15,19H,4-8,10H2,1-3H3. The van der Waals surface area contributed by atoms with Crippen molar-refractivity contribution in [3.63, 3.8) is 0 Å². The van der Waals surface area contributed by atoms with Gasteiger partial charge in [0.05, 0.1) is 11.9 Å². The van der Waals surface area contributed by atoms with Crippen molar-refractivity contribution in [2.24, 2.45) is 18.9 Å². The molecule has 0 amide bonds. The summed E-state index contributed by atoms with van der Waals surface area (Å²) < 4.78 is 2.12. The first-order valence-electron chi connectivity index (χ1n) is 7.13. The molecule has 19 heavy (non-hydrogen) atoms. The molecule has 0 spiro atoms. The third-order valence-corrected chi connectivity index (χ3v) is 4.22. The number of aliphatic hydroxyl groups is 1. The summed E-state index contributed by atoms with van der Waals surface area (Å²) in [6, 6.07) is 0. The van der Waals surface area contributed by atoms with Crippen molar-refractivity contribution < 1.29 is 5.11 Å². The maximum absolute atomic E-state index is 9.31. The van der Waals surface area contributed by atoms with Crippen molar-refractivity contribution in [3.05, 3.63) is 11.9 Å². The number of hydrogen-bond acceptors (Lipinski definition) is 4. The van der Waals surface area contributed by atoms with Gasteiger partial charge in [-0.3, -0.25) is 0 Å². The summed E-state index contributed by atoms with van der Waals surface area (Å²) in [5.41, 5.74) is 1.20. The summed E-state index contributed by atoms with van der Waals surface area (Å²) in [7, 11) is 6.05. The second-order valence-electron chi connectivity index (χ2n) is 5.77. The van der Waals surface area contributed by atoms with Gasteiger partial charge in [0.15, 0.2) is 0 Å². The number of rotatable bonds is 6. The van der Waals surface area contributed by atoms with Crippen LogP contribution < -0.4 is 10.2 Å². The first-order valence-corrected chi connectivity index (χ1v) is 7.13. The van der Waals surface area contributed by atoms with E-state index in [0.717, 1.165) is 19.0 Å². The highest BCUT2D eigenvalue weighted by atomic mass is 16.3. The van der Waals surface area contributed by atoms with Gasteiger partial charge in [0.2, 0.25) is 5.95 Å². The molecule has 0 radical (unpaired) electrons. The quantitative estimate of drug-likeness (QED) is 0.806. The van der Waals surface area contributed by atoms with Crippen LogP contribution in [0.15, 0.2) is 6.20 Å². The van der Waals surface area contributed by atoms with Gasteiger partial charge in [0.1, 0.15) is 0 Å². The predicted molar refractivity (Wildman–Crippen MR) is 77.2 cm³/mol. The highest BCUT2D eigenvalue weighted by Gasteiger charge is 2.25. The number of nitrogens with one attached hydrogen (secondary N) is 1. The number of hydrogen-bond donors (Lipinski definition) is 2. The van der Waals surface area contributed by atoms with Gasteiger partial charge in [-0.1, -0.05) is 6.42 Å². The molecule has 2 unspecified atom stereocenters. The van der Waals surface area contributed by atoms with Gasteiger partial charge < -0.3 is 19.9 Å². The smallest absolute Gasteiger partial charge is 0.204 e. The molecule has 2 rings (SSSR count). The fraction of sp³-hybridized carbons (Fsp3) is 0.786. The summed E-state index contributed by atoms with van der Waals surface area (Å²) in [6.45, 7) is 2.17. The van der Waals surface area contributed by atoms with Crippen molar-refractivity contribution in [1.29, 1.82) is 0 Å². The Bertz CT molecular complexity index is 402. The molecule has 2 N–H and O–H groups in total. The molecule has 0 bridgehead atoms. The Kier molecular flexibility index (Phi) is 4.82. The molecule has 1 aliphatic rings. The van der Waals surface area contributed by atoms with Crippen LogP contribution in [0.5, 0.6) is 0 Å². The third-order valence-electron chi connectivity index (χ3n) is 4.22. The number of nitrogens with zero attached hydrogens (tertiary/aromatic N) is 3. The van der Waals surface area contributed by atoms with Crippen molar-refractivity contribution in [2.75, 3.05) is 32.1 Å². The van der Waals surface area contributed by atoms with E-state index in [0.29, 0.717) is 18.4 Å². The van der Waals surface area contributed by atoms with E-state index in [-0.39, 0.29) is 0 Å². The highest BCUT2D eigenvalue weighted by molar-refractivity contribution is 5.30. The summed E-state index contributed by atoms with van der Waals surface area (Å²) in [5.74, 6) is 2.11. The molecular weight excluding hydrogens is 240 g/mol. The molecule has 0 saturated heterocycles. The predicted octanol–water partition coefficient (Wildman–Crippen LogP) is 0.984. The Labute approximate surface area is 115 Å². The monoisotopic (exact) mass is 266 g/mol. The van der Waals surface area contributed by atoms with Crippen LogP contribution in [0.4, 0.5) is 5.95 Å². The second-order valence-corrected chi connectivity index (χ2v) is 5.77. The lowest BCUT2D eigenvalue weighted by Gasteiger charge is -2.18. The first-order chi connectivity index (χ1) is 9.13. The minimum Gasteiger partial charge on any atom is -0.396 e. The molecule has 1 fully saturated rings. The molecule has 1 saturated carbocycles. The minimum atomic E-state index is 0.336. The third kappa shape index (κ3) is 3.28. The molecular formula is C14H26N4O. The van der Waals surface area contributed by atoms with Crippen LogP contribution in [0.25, 0.3) is 0 Å². The van der Waals surface area contributed by atoms with Crippen LogP contribution in [-0.2, 0) is 13.6 Å². The van der Waals surface area contributed by atoms with E-state index in [2.05, 4.69) is 14.9 Å². The zero-order valence-corrected chi connectivity index (χ0v) is 12.3. The Morgan fingerprint density at radius 1 is 1.42 bits per heavy atom. The fourth-order valence-corrected chi connectivity index (χ4v) is 3.02. The highest BCUT2D eigenvalue weighted by Crippen LogP contribution is 2.30. The van der Waals surface area contributed by atoms with E-state index >= 15 is 0 Å². The Morgan fingerprint density at radius 3 is 2.79 bits per heavy atom. The summed E-state index contributed by atoms with van der Waals surface area (Å²) in [4.78, 5) is 6.42. The van der Waals surface area contributed by atoms with Gasteiger partial charge in [0.25, 0.3) is 0 Å². The molecule has 108 valence electrons. The van der Waals surface area contributed by atoms with E-state index in [1.165, 1.54) is 25.0 Å². The number of aromatic nitrogens is 2. The molecule has 2 atom stereocenters. The maximum atomic E-state index is 9.31. The van der Waals surface area contributed by atoms with E-state index in [1.807, 2.05) is 32.2 Å². The largest absolute Gasteiger partial charge is 0.396 e. The van der Waals surface area contributed by atoms with Gasteiger partial charge >= 0.3 is 0 Å². The van der Waals surface area contributed by atoms with Crippen LogP contribution in [0.3, 0.4) is 0 Å². The van der Waals surface area contributed by atoms with Crippen LogP contribution in [0.2, 0.25) is 0 Å². The SMILES string of the molecule is CN(C)c1ncc(CNCC2CCCC2CO)n1C. The second kappa shape index (κ2) is 6.39. The fourth-order valence-electron chi connectivity index (χ4n) is 3.02. The average molecular weight is 266 g/mol. The van der Waals surface area contributed by atoms with Crippen molar-refractivity contribution in [2.45, 2.75) is 25.8 Å². The zero-order valence-electron chi connectivity index (χ0n) is 12.3. The molecule has 1 aromatic heterocycles. The first kappa shape index (κ1) is 14.3. The lowest BCUT2D eigenvalue weighted by Crippen LogP contribution is -2.27. The normalized spacial score (nSPS) is 22.9. The molecule has 5 heteroatoms.